The van der Waals surface area contributed by atoms with Crippen LogP contribution in [0.25, 0.3) is 0 Å². The van der Waals surface area contributed by atoms with Crippen LogP contribution in [0.15, 0.2) is 28.8 Å². The molecule has 128 valence electrons. The number of esters is 1. The fourth-order valence-electron chi connectivity index (χ4n) is 2.05. The molecule has 0 saturated carbocycles. The van der Waals surface area contributed by atoms with Crippen LogP contribution in [0.2, 0.25) is 5.02 Å². The number of ether oxygens (including phenoxy) is 1. The van der Waals surface area contributed by atoms with Gasteiger partial charge in [0.05, 0.1) is 12.5 Å². The summed E-state index contributed by atoms with van der Waals surface area (Å²) in [5.74, 6) is 0.0632. The SMILES string of the molecule is CCc1noc(COC(=O)CC(NC(C)=O)c2ccc(Cl)cc2)n1. The van der Waals surface area contributed by atoms with Gasteiger partial charge in [-0.1, -0.05) is 35.8 Å². The lowest BCUT2D eigenvalue weighted by Crippen LogP contribution is -2.28. The number of rotatable bonds is 7. The molecule has 0 fully saturated rings. The maximum Gasteiger partial charge on any atom is 0.308 e. The summed E-state index contributed by atoms with van der Waals surface area (Å²) in [5, 5.41) is 7.02. The summed E-state index contributed by atoms with van der Waals surface area (Å²) in [4.78, 5) is 27.5. The molecule has 24 heavy (non-hydrogen) atoms. The van der Waals surface area contributed by atoms with Gasteiger partial charge in [-0.25, -0.2) is 0 Å². The maximum absolute atomic E-state index is 12.0. The van der Waals surface area contributed by atoms with E-state index in [1.54, 1.807) is 24.3 Å². The summed E-state index contributed by atoms with van der Waals surface area (Å²) in [6, 6.07) is 6.40. The van der Waals surface area contributed by atoms with Crippen LogP contribution >= 0.6 is 11.6 Å². The van der Waals surface area contributed by atoms with E-state index in [2.05, 4.69) is 15.5 Å². The van der Waals surface area contributed by atoms with Crippen molar-refractivity contribution in [2.24, 2.45) is 0 Å². The van der Waals surface area contributed by atoms with Crippen molar-refractivity contribution in [2.45, 2.75) is 39.3 Å². The second-order valence-corrected chi connectivity index (χ2v) is 5.56. The Kier molecular flexibility index (Phi) is 6.31. The van der Waals surface area contributed by atoms with E-state index < -0.39 is 12.0 Å². The third-order valence-electron chi connectivity index (χ3n) is 3.20. The molecule has 8 heteroatoms. The van der Waals surface area contributed by atoms with Gasteiger partial charge < -0.3 is 14.6 Å². The van der Waals surface area contributed by atoms with Crippen molar-refractivity contribution in [1.29, 1.82) is 0 Å². The van der Waals surface area contributed by atoms with E-state index in [9.17, 15) is 9.59 Å². The third-order valence-corrected chi connectivity index (χ3v) is 3.46. The number of hydrogen-bond donors (Lipinski definition) is 1. The molecule has 1 aromatic heterocycles. The topological polar surface area (TPSA) is 94.3 Å². The lowest BCUT2D eigenvalue weighted by Gasteiger charge is -2.17. The van der Waals surface area contributed by atoms with E-state index in [-0.39, 0.29) is 24.8 Å². The minimum atomic E-state index is -0.499. The quantitative estimate of drug-likeness (QED) is 0.770. The standard InChI is InChI=1S/C16H18ClN3O4/c1-3-14-19-15(24-20-14)9-23-16(22)8-13(18-10(2)21)11-4-6-12(17)7-5-11/h4-7,13H,3,8-9H2,1-2H3,(H,18,21). The Morgan fingerprint density at radius 2 is 2.04 bits per heavy atom. The minimum Gasteiger partial charge on any atom is -0.455 e. The van der Waals surface area contributed by atoms with Crippen LogP contribution < -0.4 is 5.32 Å². The molecule has 1 unspecified atom stereocenters. The zero-order chi connectivity index (χ0) is 17.5. The summed E-state index contributed by atoms with van der Waals surface area (Å²) in [6.45, 7) is 3.18. The van der Waals surface area contributed by atoms with Gasteiger partial charge >= 0.3 is 5.97 Å². The number of hydrogen-bond acceptors (Lipinski definition) is 6. The van der Waals surface area contributed by atoms with E-state index >= 15 is 0 Å². The van der Waals surface area contributed by atoms with E-state index in [4.69, 9.17) is 20.9 Å². The van der Waals surface area contributed by atoms with Crippen molar-refractivity contribution in [2.75, 3.05) is 0 Å². The van der Waals surface area contributed by atoms with Gasteiger partial charge in [-0.05, 0) is 17.7 Å². The second-order valence-electron chi connectivity index (χ2n) is 5.13. The average Bonchev–Trinajstić information content (AvgIpc) is 3.01. The van der Waals surface area contributed by atoms with E-state index in [1.807, 2.05) is 6.92 Å². The molecule has 1 atom stereocenters. The molecule has 1 amide bonds. The lowest BCUT2D eigenvalue weighted by atomic mass is 10.0. The fourth-order valence-corrected chi connectivity index (χ4v) is 2.18. The van der Waals surface area contributed by atoms with Crippen LogP contribution in [0.4, 0.5) is 0 Å². The van der Waals surface area contributed by atoms with Crippen molar-refractivity contribution in [3.8, 4) is 0 Å². The predicted molar refractivity (Wildman–Crippen MR) is 86.1 cm³/mol. The molecule has 0 aliphatic heterocycles. The summed E-state index contributed by atoms with van der Waals surface area (Å²) in [5.41, 5.74) is 0.762. The van der Waals surface area contributed by atoms with Crippen LogP contribution in [-0.4, -0.2) is 22.0 Å². The van der Waals surface area contributed by atoms with Crippen molar-refractivity contribution >= 4 is 23.5 Å². The molecule has 1 heterocycles. The van der Waals surface area contributed by atoms with E-state index in [1.165, 1.54) is 6.92 Å². The first-order valence-corrected chi connectivity index (χ1v) is 7.85. The molecule has 0 aliphatic carbocycles. The highest BCUT2D eigenvalue weighted by atomic mass is 35.5. The number of carbonyl (C=O) groups excluding carboxylic acids is 2. The number of benzene rings is 1. The van der Waals surface area contributed by atoms with Gasteiger partial charge in [0.1, 0.15) is 0 Å². The molecule has 7 nitrogen and oxygen atoms in total. The molecule has 2 aromatic rings. The molecule has 0 saturated heterocycles. The van der Waals surface area contributed by atoms with Crippen LogP contribution in [0.3, 0.4) is 0 Å². The van der Waals surface area contributed by atoms with E-state index in [0.29, 0.717) is 17.3 Å². The molecular formula is C16H18ClN3O4. The summed E-state index contributed by atoms with van der Waals surface area (Å²) < 4.78 is 10.1. The number of nitrogens with zero attached hydrogens (tertiary/aromatic N) is 2. The predicted octanol–water partition coefficient (Wildman–Crippen LogP) is 2.60. The van der Waals surface area contributed by atoms with Gasteiger partial charge in [0.2, 0.25) is 5.91 Å². The largest absolute Gasteiger partial charge is 0.455 e. The van der Waals surface area contributed by atoms with Gasteiger partial charge in [0.25, 0.3) is 5.89 Å². The zero-order valence-electron chi connectivity index (χ0n) is 13.4. The van der Waals surface area contributed by atoms with Gasteiger partial charge in [-0.15, -0.1) is 0 Å². The Balaban J connectivity index is 1.96. The monoisotopic (exact) mass is 351 g/mol. The smallest absolute Gasteiger partial charge is 0.308 e. The first-order valence-electron chi connectivity index (χ1n) is 7.47. The van der Waals surface area contributed by atoms with Crippen molar-refractivity contribution in [3.63, 3.8) is 0 Å². The van der Waals surface area contributed by atoms with Crippen LogP contribution in [0.5, 0.6) is 0 Å². The van der Waals surface area contributed by atoms with Crippen molar-refractivity contribution in [1.82, 2.24) is 15.5 Å². The minimum absolute atomic E-state index is 0.0179. The third kappa shape index (κ3) is 5.34. The van der Waals surface area contributed by atoms with Gasteiger partial charge in [0, 0.05) is 18.4 Å². The number of halogens is 1. The molecule has 0 aliphatic rings. The molecule has 1 aromatic carbocycles. The normalized spacial score (nSPS) is 11.8. The number of amides is 1. The Morgan fingerprint density at radius 3 is 2.62 bits per heavy atom. The van der Waals surface area contributed by atoms with Crippen molar-refractivity contribution in [3.05, 3.63) is 46.6 Å². The second kappa shape index (κ2) is 8.44. The van der Waals surface area contributed by atoms with Gasteiger partial charge in [-0.3, -0.25) is 9.59 Å². The van der Waals surface area contributed by atoms with Crippen molar-refractivity contribution < 1.29 is 18.8 Å². The first-order chi connectivity index (χ1) is 11.5. The zero-order valence-corrected chi connectivity index (χ0v) is 14.2. The van der Waals surface area contributed by atoms with Gasteiger partial charge in [0.15, 0.2) is 12.4 Å². The Morgan fingerprint density at radius 1 is 1.33 bits per heavy atom. The summed E-state index contributed by atoms with van der Waals surface area (Å²) in [6.07, 6.45) is 0.620. The highest BCUT2D eigenvalue weighted by molar-refractivity contribution is 6.30. The molecule has 0 bridgehead atoms. The highest BCUT2D eigenvalue weighted by Crippen LogP contribution is 2.20. The lowest BCUT2D eigenvalue weighted by molar-refractivity contribution is -0.146. The Hall–Kier alpha value is -2.41. The molecule has 2 rings (SSSR count). The number of carbonyl (C=O) groups is 2. The molecule has 0 spiro atoms. The molecule has 0 radical (unpaired) electrons. The summed E-state index contributed by atoms with van der Waals surface area (Å²) >= 11 is 5.86. The summed E-state index contributed by atoms with van der Waals surface area (Å²) in [7, 11) is 0. The average molecular weight is 352 g/mol. The maximum atomic E-state index is 12.0. The van der Waals surface area contributed by atoms with E-state index in [0.717, 1.165) is 5.56 Å². The number of nitrogens with one attached hydrogen (secondary N) is 1. The molecular weight excluding hydrogens is 334 g/mol. The van der Waals surface area contributed by atoms with Crippen LogP contribution in [0, 0.1) is 0 Å². The Bertz CT molecular complexity index is 700. The Labute approximate surface area is 144 Å². The number of aryl methyl sites for hydroxylation is 1. The first kappa shape index (κ1) is 17.9. The van der Waals surface area contributed by atoms with Crippen LogP contribution in [-0.2, 0) is 27.4 Å². The highest BCUT2D eigenvalue weighted by Gasteiger charge is 2.19. The van der Waals surface area contributed by atoms with Crippen LogP contribution in [0.1, 0.15) is 43.6 Å². The molecule has 1 N–H and O–H groups in total. The van der Waals surface area contributed by atoms with Gasteiger partial charge in [-0.2, -0.15) is 4.98 Å². The fraction of sp³-hybridized carbons (Fsp3) is 0.375. The number of aromatic nitrogens is 2.